The van der Waals surface area contributed by atoms with E-state index in [4.69, 9.17) is 18.7 Å². The van der Waals surface area contributed by atoms with Crippen LogP contribution in [0.4, 0.5) is 4.39 Å². The fraction of sp³-hybridized carbons (Fsp3) is 0.333. The number of hydrogen-bond donors (Lipinski definition) is 2. The molecular weight excluding hydrogens is 532 g/mol. The fourth-order valence-corrected chi connectivity index (χ4v) is 6.14. The predicted octanol–water partition coefficient (Wildman–Crippen LogP) is 5.99. The molecule has 0 radical (unpaired) electrons. The second-order valence-electron chi connectivity index (χ2n) is 9.08. The second-order valence-corrected chi connectivity index (χ2v) is 12.3. The van der Waals surface area contributed by atoms with Gasteiger partial charge in [0.15, 0.2) is 5.75 Å². The maximum atomic E-state index is 16.1. The minimum Gasteiger partial charge on any atom is -0.461 e. The summed E-state index contributed by atoms with van der Waals surface area (Å²) in [6.45, 7) is 8.53. The molecule has 8 nitrogen and oxygen atoms in total. The molecule has 11 heteroatoms. The van der Waals surface area contributed by atoms with Gasteiger partial charge in [-0.25, -0.2) is 4.79 Å². The van der Waals surface area contributed by atoms with Crippen molar-refractivity contribution >= 4 is 41.2 Å². The first kappa shape index (κ1) is 29.7. The van der Waals surface area contributed by atoms with E-state index in [2.05, 4.69) is 11.7 Å². The summed E-state index contributed by atoms with van der Waals surface area (Å²) < 4.78 is 38.3. The normalized spacial score (nSPS) is 14.8. The van der Waals surface area contributed by atoms with Crippen molar-refractivity contribution in [1.29, 1.82) is 0 Å². The van der Waals surface area contributed by atoms with Crippen LogP contribution >= 0.6 is 19.2 Å². The Morgan fingerprint density at radius 2 is 1.89 bits per heavy atom. The van der Waals surface area contributed by atoms with E-state index in [1.807, 2.05) is 0 Å². The highest BCUT2D eigenvalue weighted by Crippen LogP contribution is 2.64. The van der Waals surface area contributed by atoms with Crippen molar-refractivity contribution in [2.24, 2.45) is 0 Å². The summed E-state index contributed by atoms with van der Waals surface area (Å²) in [5.74, 6) is -3.02. The summed E-state index contributed by atoms with van der Waals surface area (Å²) in [5, 5.41) is 3.26. The van der Waals surface area contributed by atoms with Gasteiger partial charge >= 0.3 is 25.7 Å². The third kappa shape index (κ3) is 7.58. The molecule has 0 spiro atoms. The molecular formula is C27H32FNO7PS+. The monoisotopic (exact) mass is 564 g/mol. The van der Waals surface area contributed by atoms with Crippen molar-refractivity contribution < 1.29 is 37.6 Å². The molecule has 0 saturated carbocycles. The average Bonchev–Trinajstić information content (AvgIpc) is 3.34. The van der Waals surface area contributed by atoms with Crippen LogP contribution in [0.1, 0.15) is 41.9 Å². The van der Waals surface area contributed by atoms with Crippen LogP contribution in [0.5, 0.6) is 5.75 Å². The van der Waals surface area contributed by atoms with Crippen LogP contribution in [0.2, 0.25) is 0 Å². The van der Waals surface area contributed by atoms with Crippen molar-refractivity contribution in [2.75, 3.05) is 20.3 Å². The lowest BCUT2D eigenvalue weighted by atomic mass is 10.1. The van der Waals surface area contributed by atoms with Crippen molar-refractivity contribution in [3.05, 3.63) is 77.7 Å². The molecule has 0 aliphatic carbocycles. The zero-order chi connectivity index (χ0) is 27.9. The van der Waals surface area contributed by atoms with E-state index in [1.54, 1.807) is 56.3 Å². The van der Waals surface area contributed by atoms with Gasteiger partial charge in [0.05, 0.1) is 5.60 Å². The molecule has 38 heavy (non-hydrogen) atoms. The molecule has 0 aliphatic rings. The predicted molar refractivity (Wildman–Crippen MR) is 147 cm³/mol. The summed E-state index contributed by atoms with van der Waals surface area (Å²) in [4.78, 5) is 36.8. The van der Waals surface area contributed by atoms with Gasteiger partial charge in [-0.15, -0.1) is 16.4 Å². The minimum atomic E-state index is -4.14. The van der Waals surface area contributed by atoms with Gasteiger partial charge in [-0.2, -0.15) is 9.28 Å². The Hall–Kier alpha value is -2.88. The highest BCUT2D eigenvalue weighted by Gasteiger charge is 2.54. The maximum absolute atomic E-state index is 16.1. The zero-order valence-electron chi connectivity index (χ0n) is 21.7. The van der Waals surface area contributed by atoms with Crippen molar-refractivity contribution in [3.63, 3.8) is 0 Å². The summed E-state index contributed by atoms with van der Waals surface area (Å²) >= 11 is 1.21. The molecule has 2 aromatic carbocycles. The highest BCUT2D eigenvalue weighted by atomic mass is 32.1. The molecule has 3 rings (SSSR count). The average molecular weight is 565 g/mol. The number of para-hydroxylation sites is 1. The van der Waals surface area contributed by atoms with E-state index >= 15 is 4.39 Å². The van der Waals surface area contributed by atoms with Crippen molar-refractivity contribution in [2.45, 2.75) is 38.3 Å². The number of fused-ring (bicyclic) bond motifs is 1. The van der Waals surface area contributed by atoms with Gasteiger partial charge in [0, 0.05) is 17.4 Å². The SMILES string of the molecule is C=CCOC(=O)c1cc2cc([C@H](F)[P+](O)(N[C@@H](C)C(=O)OCC(C)(C)OC)Oc3ccccc3)ccc2s1. The van der Waals surface area contributed by atoms with Crippen LogP contribution in [0, 0.1) is 0 Å². The van der Waals surface area contributed by atoms with Gasteiger partial charge in [-0.1, -0.05) is 36.9 Å². The molecule has 3 atom stereocenters. The molecule has 0 amide bonds. The van der Waals surface area contributed by atoms with Crippen molar-refractivity contribution in [1.82, 2.24) is 5.09 Å². The lowest BCUT2D eigenvalue weighted by molar-refractivity contribution is -0.153. The molecule has 1 heterocycles. The summed E-state index contributed by atoms with van der Waals surface area (Å²) in [6, 6.07) is 13.5. The van der Waals surface area contributed by atoms with Crippen LogP contribution in [-0.2, 0) is 19.0 Å². The van der Waals surface area contributed by atoms with Gasteiger partial charge in [0.1, 0.15) is 24.1 Å². The van der Waals surface area contributed by atoms with Crippen LogP contribution in [0.15, 0.2) is 67.3 Å². The number of thiophene rings is 1. The number of rotatable bonds is 13. The van der Waals surface area contributed by atoms with E-state index in [0.717, 1.165) is 4.70 Å². The van der Waals surface area contributed by atoms with Crippen molar-refractivity contribution in [3.8, 4) is 5.75 Å². The number of benzene rings is 2. The summed E-state index contributed by atoms with van der Waals surface area (Å²) in [6.07, 6.45) is 1.47. The van der Waals surface area contributed by atoms with E-state index in [1.165, 1.54) is 43.6 Å². The Morgan fingerprint density at radius 3 is 2.55 bits per heavy atom. The van der Waals surface area contributed by atoms with Gasteiger partial charge in [-0.3, -0.25) is 9.32 Å². The summed E-state index contributed by atoms with van der Waals surface area (Å²) in [7, 11) is -2.64. The Kier molecular flexibility index (Phi) is 9.98. The van der Waals surface area contributed by atoms with E-state index in [9.17, 15) is 14.5 Å². The Morgan fingerprint density at radius 1 is 1.18 bits per heavy atom. The fourth-order valence-electron chi connectivity index (χ4n) is 3.26. The standard InChI is InChI=1S/C27H32FNO7PS/c1-6-14-34-26(31)23-16-20-15-19(12-13-22(20)38-23)24(28)37(32,36-21-10-8-7-9-11-21)29-18(2)25(30)35-17-27(3,4)33-5/h6-13,15-16,18,24,29,32H,1,14,17H2,2-5H3/q+1/t18-,24+,37?/m0/s1. The molecule has 1 aromatic heterocycles. The second kappa shape index (κ2) is 12.8. The molecule has 3 aromatic rings. The third-order valence-electron chi connectivity index (χ3n) is 5.49. The number of carbonyl (C=O) groups is 2. The van der Waals surface area contributed by atoms with Gasteiger partial charge in [-0.05, 0) is 56.5 Å². The number of hydrogen-bond acceptors (Lipinski definition) is 9. The molecule has 0 fully saturated rings. The molecule has 204 valence electrons. The quantitative estimate of drug-likeness (QED) is 0.148. The largest absolute Gasteiger partial charge is 0.461 e. The van der Waals surface area contributed by atoms with Gasteiger partial charge in [0.2, 0.25) is 0 Å². The molecule has 1 unspecified atom stereocenters. The number of ether oxygens (including phenoxy) is 3. The molecule has 0 bridgehead atoms. The number of esters is 2. The van der Waals surface area contributed by atoms with Crippen LogP contribution in [0.3, 0.4) is 0 Å². The van der Waals surface area contributed by atoms with Crippen LogP contribution in [-0.4, -0.2) is 48.8 Å². The maximum Gasteiger partial charge on any atom is 0.430 e. The van der Waals surface area contributed by atoms with E-state index in [0.29, 0.717) is 10.3 Å². The Balaban J connectivity index is 1.87. The first-order chi connectivity index (χ1) is 18.0. The number of methoxy groups -OCH3 is 1. The van der Waals surface area contributed by atoms with E-state index < -0.39 is 37.4 Å². The first-order valence-corrected chi connectivity index (χ1v) is 14.3. The number of alkyl halides is 1. The Labute approximate surface area is 225 Å². The summed E-state index contributed by atoms with van der Waals surface area (Å²) in [5.41, 5.74) is -0.599. The van der Waals surface area contributed by atoms with E-state index in [-0.39, 0.29) is 24.5 Å². The van der Waals surface area contributed by atoms with Crippen LogP contribution < -0.4 is 9.61 Å². The molecule has 0 aliphatic heterocycles. The lowest BCUT2D eigenvalue weighted by Gasteiger charge is -2.26. The first-order valence-electron chi connectivity index (χ1n) is 11.8. The minimum absolute atomic E-state index is 0.0315. The number of nitrogens with one attached hydrogen (secondary N) is 1. The number of carbonyl (C=O) groups excluding carboxylic acids is 2. The topological polar surface area (TPSA) is 103 Å². The highest BCUT2D eigenvalue weighted by molar-refractivity contribution is 7.64. The van der Waals surface area contributed by atoms with Gasteiger partial charge in [0.25, 0.3) is 0 Å². The van der Waals surface area contributed by atoms with Gasteiger partial charge < -0.3 is 14.2 Å². The zero-order valence-corrected chi connectivity index (χ0v) is 23.4. The van der Waals surface area contributed by atoms with Crippen LogP contribution in [0.25, 0.3) is 10.1 Å². The molecule has 2 N–H and O–H groups in total. The smallest absolute Gasteiger partial charge is 0.430 e. The number of halogens is 1. The lowest BCUT2D eigenvalue weighted by Crippen LogP contribution is -2.40. The Bertz CT molecular complexity index is 1270. The third-order valence-corrected chi connectivity index (χ3v) is 8.75. The molecule has 0 saturated heterocycles.